The molecule has 0 aliphatic rings. The van der Waals surface area contributed by atoms with Gasteiger partial charge in [0.1, 0.15) is 17.0 Å². The lowest BCUT2D eigenvalue weighted by molar-refractivity contribution is 0.0693. The number of aromatic hydroxyl groups is 1. The number of pyridine rings is 1. The molecule has 0 fully saturated rings. The van der Waals surface area contributed by atoms with Crippen LogP contribution in [0.25, 0.3) is 0 Å². The van der Waals surface area contributed by atoms with E-state index in [-0.39, 0.29) is 22.7 Å². The van der Waals surface area contributed by atoms with Crippen LogP contribution < -0.4 is 5.32 Å². The average molecular weight is 314 g/mol. The molecule has 0 atom stereocenters. The summed E-state index contributed by atoms with van der Waals surface area (Å²) >= 11 is 0. The van der Waals surface area contributed by atoms with Crippen molar-refractivity contribution in [3.63, 3.8) is 0 Å². The van der Waals surface area contributed by atoms with Crippen LogP contribution in [0, 0.1) is 0 Å². The van der Waals surface area contributed by atoms with Crippen LogP contribution in [0.1, 0.15) is 46.2 Å². The molecule has 0 radical (unpaired) electrons. The van der Waals surface area contributed by atoms with Gasteiger partial charge in [0.15, 0.2) is 0 Å². The Balaban J connectivity index is 2.09. The van der Waals surface area contributed by atoms with E-state index in [0.29, 0.717) is 0 Å². The topological polar surface area (TPSA) is 99.5 Å². The number of benzene rings is 1. The highest BCUT2D eigenvalue weighted by molar-refractivity contribution is 6.03. The molecule has 23 heavy (non-hydrogen) atoms. The monoisotopic (exact) mass is 314 g/mol. The largest absolute Gasteiger partial charge is 0.507 e. The first-order chi connectivity index (χ1) is 11.0. The fraction of sp³-hybridized carbons (Fsp3) is 0.235. The third kappa shape index (κ3) is 4.29. The Kier molecular flexibility index (Phi) is 5.30. The van der Waals surface area contributed by atoms with Crippen LogP contribution in [0.4, 0.5) is 5.69 Å². The first-order valence-electron chi connectivity index (χ1n) is 7.34. The van der Waals surface area contributed by atoms with Crippen molar-refractivity contribution in [3.05, 3.63) is 53.3 Å². The second-order valence-corrected chi connectivity index (χ2v) is 5.15. The number of nitrogens with zero attached hydrogens (tertiary/aromatic N) is 1. The van der Waals surface area contributed by atoms with Gasteiger partial charge in [0.25, 0.3) is 5.91 Å². The fourth-order valence-corrected chi connectivity index (χ4v) is 2.07. The molecule has 2 rings (SSSR count). The maximum absolute atomic E-state index is 12.1. The van der Waals surface area contributed by atoms with Crippen molar-refractivity contribution in [1.82, 2.24) is 4.98 Å². The second-order valence-electron chi connectivity index (χ2n) is 5.15. The number of carbonyl (C=O) groups is 2. The maximum atomic E-state index is 12.1. The van der Waals surface area contributed by atoms with Crippen LogP contribution in [0.15, 0.2) is 36.5 Å². The third-order valence-corrected chi connectivity index (χ3v) is 3.36. The molecular weight excluding hydrogens is 296 g/mol. The summed E-state index contributed by atoms with van der Waals surface area (Å²) in [5.74, 6) is -2.06. The standard InChI is InChI=1S/C17H18N2O4/c1-2-3-4-11-5-7-14(18-10-11)16(21)19-12-6-8-15(20)13(9-12)17(22)23/h5-10,20H,2-4H2,1H3,(H,19,21)(H,22,23). The van der Waals surface area contributed by atoms with Crippen molar-refractivity contribution < 1.29 is 19.8 Å². The Hall–Kier alpha value is -2.89. The van der Waals surface area contributed by atoms with E-state index < -0.39 is 11.9 Å². The molecule has 1 heterocycles. The Morgan fingerprint density at radius 1 is 1.22 bits per heavy atom. The smallest absolute Gasteiger partial charge is 0.339 e. The van der Waals surface area contributed by atoms with Gasteiger partial charge in [-0.1, -0.05) is 19.4 Å². The summed E-state index contributed by atoms with van der Waals surface area (Å²) in [6.45, 7) is 2.11. The molecule has 0 saturated carbocycles. The van der Waals surface area contributed by atoms with E-state index in [9.17, 15) is 14.7 Å². The minimum atomic E-state index is -1.27. The van der Waals surface area contributed by atoms with Crippen LogP contribution in [0.2, 0.25) is 0 Å². The summed E-state index contributed by atoms with van der Waals surface area (Å²) in [5.41, 5.74) is 1.32. The predicted molar refractivity (Wildman–Crippen MR) is 85.9 cm³/mol. The van der Waals surface area contributed by atoms with Gasteiger partial charge in [0.2, 0.25) is 0 Å². The zero-order valence-electron chi connectivity index (χ0n) is 12.7. The number of rotatable bonds is 6. The number of phenols is 1. The van der Waals surface area contributed by atoms with Crippen LogP contribution in [-0.4, -0.2) is 27.1 Å². The van der Waals surface area contributed by atoms with Crippen molar-refractivity contribution in [2.24, 2.45) is 0 Å². The van der Waals surface area contributed by atoms with Crippen LogP contribution in [0.5, 0.6) is 5.75 Å². The number of hydrogen-bond donors (Lipinski definition) is 3. The van der Waals surface area contributed by atoms with E-state index in [1.807, 2.05) is 6.07 Å². The summed E-state index contributed by atoms with van der Waals surface area (Å²) < 4.78 is 0. The first kappa shape index (κ1) is 16.5. The number of nitrogens with one attached hydrogen (secondary N) is 1. The van der Waals surface area contributed by atoms with Gasteiger partial charge in [-0.3, -0.25) is 9.78 Å². The molecule has 6 heteroatoms. The molecular formula is C17H18N2O4. The van der Waals surface area contributed by atoms with Gasteiger partial charge in [0.05, 0.1) is 0 Å². The molecule has 0 unspecified atom stereocenters. The van der Waals surface area contributed by atoms with Gasteiger partial charge in [-0.2, -0.15) is 0 Å². The minimum absolute atomic E-state index is 0.246. The van der Waals surface area contributed by atoms with E-state index in [2.05, 4.69) is 17.2 Å². The lowest BCUT2D eigenvalue weighted by Crippen LogP contribution is -2.14. The lowest BCUT2D eigenvalue weighted by atomic mass is 10.1. The van der Waals surface area contributed by atoms with Crippen LogP contribution >= 0.6 is 0 Å². The summed E-state index contributed by atoms with van der Waals surface area (Å²) in [6, 6.07) is 7.34. The number of hydrogen-bond acceptors (Lipinski definition) is 4. The molecule has 0 spiro atoms. The van der Waals surface area contributed by atoms with E-state index in [1.165, 1.54) is 18.2 Å². The van der Waals surface area contributed by atoms with Crippen molar-refractivity contribution in [3.8, 4) is 5.75 Å². The summed E-state index contributed by atoms with van der Waals surface area (Å²) in [7, 11) is 0. The van der Waals surface area contributed by atoms with Crippen molar-refractivity contribution in [1.29, 1.82) is 0 Å². The molecule has 0 aliphatic carbocycles. The zero-order chi connectivity index (χ0) is 16.8. The maximum Gasteiger partial charge on any atom is 0.339 e. The molecule has 0 saturated heterocycles. The zero-order valence-corrected chi connectivity index (χ0v) is 12.7. The summed E-state index contributed by atoms with van der Waals surface area (Å²) in [6.07, 6.45) is 4.75. The van der Waals surface area contributed by atoms with E-state index in [0.717, 1.165) is 24.8 Å². The normalized spacial score (nSPS) is 10.3. The predicted octanol–water partition coefficient (Wildman–Crippen LogP) is 3.08. The minimum Gasteiger partial charge on any atom is -0.507 e. The second kappa shape index (κ2) is 7.40. The third-order valence-electron chi connectivity index (χ3n) is 3.36. The Bertz CT molecular complexity index is 711. The molecule has 1 aromatic carbocycles. The summed E-state index contributed by atoms with van der Waals surface area (Å²) in [5, 5.41) is 21.0. The molecule has 6 nitrogen and oxygen atoms in total. The Labute approximate surface area is 133 Å². The molecule has 0 bridgehead atoms. The fourth-order valence-electron chi connectivity index (χ4n) is 2.07. The number of carboxylic acid groups (broad SMARTS) is 1. The highest BCUT2D eigenvalue weighted by Crippen LogP contribution is 2.21. The quantitative estimate of drug-likeness (QED) is 0.712. The molecule has 1 aromatic heterocycles. The van der Waals surface area contributed by atoms with Gasteiger partial charge in [-0.25, -0.2) is 4.79 Å². The molecule has 1 amide bonds. The highest BCUT2D eigenvalue weighted by Gasteiger charge is 2.13. The number of aryl methyl sites for hydroxylation is 1. The van der Waals surface area contributed by atoms with Gasteiger partial charge < -0.3 is 15.5 Å². The van der Waals surface area contributed by atoms with Gasteiger partial charge in [-0.05, 0) is 42.7 Å². The van der Waals surface area contributed by atoms with Crippen LogP contribution in [0.3, 0.4) is 0 Å². The van der Waals surface area contributed by atoms with Crippen molar-refractivity contribution in [2.45, 2.75) is 26.2 Å². The van der Waals surface area contributed by atoms with Crippen LogP contribution in [-0.2, 0) is 6.42 Å². The van der Waals surface area contributed by atoms with Gasteiger partial charge in [-0.15, -0.1) is 0 Å². The molecule has 120 valence electrons. The number of aromatic carboxylic acids is 1. The lowest BCUT2D eigenvalue weighted by Gasteiger charge is -2.07. The number of carbonyl (C=O) groups excluding carboxylic acids is 1. The average Bonchev–Trinajstić information content (AvgIpc) is 2.54. The van der Waals surface area contributed by atoms with E-state index in [1.54, 1.807) is 12.3 Å². The van der Waals surface area contributed by atoms with E-state index >= 15 is 0 Å². The SMILES string of the molecule is CCCCc1ccc(C(=O)Nc2ccc(O)c(C(=O)O)c2)nc1. The molecule has 2 aromatic rings. The number of aromatic nitrogens is 1. The molecule has 0 aliphatic heterocycles. The number of carboxylic acids is 1. The summed E-state index contributed by atoms with van der Waals surface area (Å²) in [4.78, 5) is 27.2. The Morgan fingerprint density at radius 2 is 2.00 bits per heavy atom. The number of anilines is 1. The van der Waals surface area contributed by atoms with Crippen molar-refractivity contribution >= 4 is 17.6 Å². The molecule has 3 N–H and O–H groups in total. The van der Waals surface area contributed by atoms with Gasteiger partial charge in [0, 0.05) is 11.9 Å². The Morgan fingerprint density at radius 3 is 2.61 bits per heavy atom. The van der Waals surface area contributed by atoms with Gasteiger partial charge >= 0.3 is 5.97 Å². The highest BCUT2D eigenvalue weighted by atomic mass is 16.4. The van der Waals surface area contributed by atoms with E-state index in [4.69, 9.17) is 5.11 Å². The number of unbranched alkanes of at least 4 members (excludes halogenated alkanes) is 1. The van der Waals surface area contributed by atoms with Crippen molar-refractivity contribution in [2.75, 3.05) is 5.32 Å². The number of amides is 1. The first-order valence-corrected chi connectivity index (χ1v) is 7.34.